The SMILES string of the molecule is O=C(O)Oc1[nH]c2c(-c3cccc4c(CCCOc5cccc6ccccc56)c(OC(=O)O)[nH]c34)cccc2c1CCCOc1cccc2ccccc12. The predicted molar refractivity (Wildman–Crippen MR) is 208 cm³/mol. The maximum atomic E-state index is 11.8. The number of carboxylic acid groups (broad SMARTS) is 2. The molecule has 2 aromatic heterocycles. The van der Waals surface area contributed by atoms with Crippen molar-refractivity contribution in [3.8, 4) is 34.4 Å². The highest BCUT2D eigenvalue weighted by Crippen LogP contribution is 2.41. The van der Waals surface area contributed by atoms with E-state index in [1.807, 2.05) is 121 Å². The zero-order valence-electron chi connectivity index (χ0n) is 29.1. The fourth-order valence-electron chi connectivity index (χ4n) is 7.30. The Bertz CT molecular complexity index is 2460. The maximum Gasteiger partial charge on any atom is 0.512 e. The molecule has 0 aliphatic carbocycles. The molecule has 0 atom stereocenters. The van der Waals surface area contributed by atoms with Gasteiger partial charge in [0.15, 0.2) is 0 Å². The topological polar surface area (TPSA) is 143 Å². The van der Waals surface area contributed by atoms with Gasteiger partial charge in [-0.2, -0.15) is 0 Å². The number of fused-ring (bicyclic) bond motifs is 4. The lowest BCUT2D eigenvalue weighted by atomic mass is 9.97. The summed E-state index contributed by atoms with van der Waals surface area (Å²) in [5.74, 6) is 1.88. The number of rotatable bonds is 13. The molecule has 8 aromatic rings. The molecular formula is C44H36N2O8. The third-order valence-electron chi connectivity index (χ3n) is 9.63. The Morgan fingerprint density at radius 1 is 0.481 bits per heavy atom. The normalized spacial score (nSPS) is 11.3. The zero-order chi connectivity index (χ0) is 37.0. The smallest absolute Gasteiger partial charge is 0.493 e. The van der Waals surface area contributed by atoms with Crippen LogP contribution in [0.4, 0.5) is 9.59 Å². The second kappa shape index (κ2) is 15.0. The number of hydrogen-bond acceptors (Lipinski definition) is 6. The molecule has 0 amide bonds. The highest BCUT2D eigenvalue weighted by molar-refractivity contribution is 6.06. The molecular weight excluding hydrogens is 684 g/mol. The van der Waals surface area contributed by atoms with Gasteiger partial charge in [-0.05, 0) is 48.6 Å². The van der Waals surface area contributed by atoms with Crippen molar-refractivity contribution in [3.05, 3.63) is 132 Å². The number of nitrogens with one attached hydrogen (secondary N) is 2. The van der Waals surface area contributed by atoms with Crippen molar-refractivity contribution in [2.45, 2.75) is 25.7 Å². The van der Waals surface area contributed by atoms with E-state index in [9.17, 15) is 19.8 Å². The van der Waals surface area contributed by atoms with E-state index in [-0.39, 0.29) is 11.8 Å². The van der Waals surface area contributed by atoms with Gasteiger partial charge >= 0.3 is 12.3 Å². The van der Waals surface area contributed by atoms with Crippen LogP contribution in [-0.2, 0) is 12.8 Å². The Labute approximate surface area is 309 Å². The Kier molecular flexibility index (Phi) is 9.47. The van der Waals surface area contributed by atoms with Gasteiger partial charge in [0.25, 0.3) is 0 Å². The van der Waals surface area contributed by atoms with Crippen LogP contribution in [0.15, 0.2) is 121 Å². The van der Waals surface area contributed by atoms with Gasteiger partial charge in [-0.25, -0.2) is 9.59 Å². The van der Waals surface area contributed by atoms with Crippen LogP contribution in [0.3, 0.4) is 0 Å². The van der Waals surface area contributed by atoms with E-state index in [0.29, 0.717) is 49.9 Å². The fourth-order valence-corrected chi connectivity index (χ4v) is 7.30. The van der Waals surface area contributed by atoms with Gasteiger partial charge in [0.2, 0.25) is 11.8 Å². The average molecular weight is 721 g/mol. The summed E-state index contributed by atoms with van der Waals surface area (Å²) in [6.07, 6.45) is -0.659. The van der Waals surface area contributed by atoms with Crippen molar-refractivity contribution in [3.63, 3.8) is 0 Å². The third kappa shape index (κ3) is 6.84. The van der Waals surface area contributed by atoms with Gasteiger partial charge in [-0.1, -0.05) is 109 Å². The molecule has 8 rings (SSSR count). The van der Waals surface area contributed by atoms with E-state index < -0.39 is 12.3 Å². The van der Waals surface area contributed by atoms with E-state index >= 15 is 0 Å². The van der Waals surface area contributed by atoms with Crippen LogP contribution in [0.5, 0.6) is 23.3 Å². The number of hydrogen-bond donors (Lipinski definition) is 4. The summed E-state index contributed by atoms with van der Waals surface area (Å²) >= 11 is 0. The minimum Gasteiger partial charge on any atom is -0.493 e. The number of H-pyrrole nitrogens is 2. The van der Waals surface area contributed by atoms with Crippen LogP contribution < -0.4 is 18.9 Å². The fraction of sp³-hybridized carbons (Fsp3) is 0.136. The summed E-state index contributed by atoms with van der Waals surface area (Å²) in [6.45, 7) is 0.827. The molecule has 0 aliphatic rings. The van der Waals surface area contributed by atoms with Gasteiger partial charge in [0.1, 0.15) is 11.5 Å². The first kappa shape index (κ1) is 34.2. The number of aryl methyl sites for hydroxylation is 2. The molecule has 0 fully saturated rings. The largest absolute Gasteiger partial charge is 0.512 e. The second-order valence-electron chi connectivity index (χ2n) is 12.9. The van der Waals surface area contributed by atoms with Crippen molar-refractivity contribution in [2.75, 3.05) is 13.2 Å². The zero-order valence-corrected chi connectivity index (χ0v) is 29.1. The van der Waals surface area contributed by atoms with Crippen molar-refractivity contribution in [2.24, 2.45) is 0 Å². The summed E-state index contributed by atoms with van der Waals surface area (Å²) in [5, 5.41) is 25.1. The predicted octanol–water partition coefficient (Wildman–Crippen LogP) is 10.8. The minimum absolute atomic E-state index is 0.149. The number of carbonyl (C=O) groups is 2. The first-order valence-electron chi connectivity index (χ1n) is 17.7. The van der Waals surface area contributed by atoms with Crippen LogP contribution in [0.25, 0.3) is 54.5 Å². The molecule has 10 heteroatoms. The highest BCUT2D eigenvalue weighted by atomic mass is 16.7. The summed E-state index contributed by atoms with van der Waals surface area (Å²) in [5.41, 5.74) is 4.37. The first-order valence-corrected chi connectivity index (χ1v) is 17.7. The Morgan fingerprint density at radius 3 is 1.31 bits per heavy atom. The van der Waals surface area contributed by atoms with Gasteiger partial charge < -0.3 is 39.1 Å². The summed E-state index contributed by atoms with van der Waals surface area (Å²) in [6, 6.07) is 39.5. The molecule has 0 aliphatic heterocycles. The summed E-state index contributed by atoms with van der Waals surface area (Å²) in [7, 11) is 0. The first-order chi connectivity index (χ1) is 26.4. The Morgan fingerprint density at radius 2 is 0.870 bits per heavy atom. The lowest BCUT2D eigenvalue weighted by Crippen LogP contribution is -2.06. The van der Waals surface area contributed by atoms with E-state index in [1.54, 1.807) is 0 Å². The van der Waals surface area contributed by atoms with Crippen LogP contribution in [0.2, 0.25) is 0 Å². The lowest BCUT2D eigenvalue weighted by molar-refractivity contribution is 0.141. The number of benzene rings is 6. The quantitative estimate of drug-likeness (QED) is 0.0681. The molecule has 0 radical (unpaired) electrons. The van der Waals surface area contributed by atoms with Crippen molar-refractivity contribution < 1.29 is 38.7 Å². The number of aromatic amines is 2. The Balaban J connectivity index is 1.07. The van der Waals surface area contributed by atoms with Gasteiger partial charge in [0, 0.05) is 43.8 Å². The third-order valence-corrected chi connectivity index (χ3v) is 9.63. The molecule has 0 saturated carbocycles. The molecule has 0 spiro atoms. The van der Waals surface area contributed by atoms with Crippen molar-refractivity contribution >= 4 is 55.7 Å². The lowest BCUT2D eigenvalue weighted by Gasteiger charge is -2.10. The molecule has 0 bridgehead atoms. The van der Waals surface area contributed by atoms with Gasteiger partial charge in [0.05, 0.1) is 24.2 Å². The average Bonchev–Trinajstić information content (AvgIpc) is 3.71. The summed E-state index contributed by atoms with van der Waals surface area (Å²) < 4.78 is 22.9. The van der Waals surface area contributed by atoms with Crippen molar-refractivity contribution in [1.29, 1.82) is 0 Å². The van der Waals surface area contributed by atoms with Crippen molar-refractivity contribution in [1.82, 2.24) is 9.97 Å². The molecule has 0 unspecified atom stereocenters. The standard InChI is InChI=1S/C44H36N2O8/c47-43(48)53-41-35(21-9-25-51-37-23-5-13-27-11-1-3-15-29(27)37)33-19-7-17-31(39(33)45-41)32-18-8-20-34-36(42(46-40(32)34)54-44(49)50)22-10-26-52-38-24-6-14-28-12-2-4-16-30(28)38/h1-8,11-20,23-24,45-46H,9-10,21-22,25-26H2,(H,47,48)(H,49,50). The Hall–Kier alpha value is -6.94. The summed E-state index contributed by atoms with van der Waals surface area (Å²) in [4.78, 5) is 30.1. The molecule has 4 N–H and O–H groups in total. The van der Waals surface area contributed by atoms with Crippen LogP contribution in [0, 0.1) is 0 Å². The molecule has 0 saturated heterocycles. The van der Waals surface area contributed by atoms with Crippen LogP contribution >= 0.6 is 0 Å². The number of para-hydroxylation sites is 2. The second-order valence-corrected chi connectivity index (χ2v) is 12.9. The van der Waals surface area contributed by atoms with E-state index in [4.69, 9.17) is 18.9 Å². The van der Waals surface area contributed by atoms with E-state index in [1.165, 1.54) is 0 Å². The van der Waals surface area contributed by atoms with E-state index in [2.05, 4.69) is 9.97 Å². The highest BCUT2D eigenvalue weighted by Gasteiger charge is 2.22. The molecule has 2 heterocycles. The van der Waals surface area contributed by atoms with E-state index in [0.717, 1.165) is 66.1 Å². The van der Waals surface area contributed by atoms with Crippen LogP contribution in [0.1, 0.15) is 24.0 Å². The number of aromatic nitrogens is 2. The number of ether oxygens (including phenoxy) is 4. The van der Waals surface area contributed by atoms with Gasteiger partial charge in [-0.15, -0.1) is 0 Å². The van der Waals surface area contributed by atoms with Gasteiger partial charge in [-0.3, -0.25) is 0 Å². The molecule has 10 nitrogen and oxygen atoms in total. The molecule has 54 heavy (non-hydrogen) atoms. The molecule has 270 valence electrons. The maximum absolute atomic E-state index is 11.8. The molecule has 6 aromatic carbocycles. The minimum atomic E-state index is -1.42. The monoisotopic (exact) mass is 720 g/mol. The van der Waals surface area contributed by atoms with Crippen LogP contribution in [-0.4, -0.2) is 45.7 Å².